The van der Waals surface area contributed by atoms with E-state index in [0.717, 1.165) is 31.2 Å². The van der Waals surface area contributed by atoms with E-state index in [-0.39, 0.29) is 33.9 Å². The van der Waals surface area contributed by atoms with Crippen LogP contribution in [0, 0.1) is 24.6 Å². The van der Waals surface area contributed by atoms with Crippen LogP contribution in [0.2, 0.25) is 10.0 Å². The lowest BCUT2D eigenvalue weighted by Gasteiger charge is -2.25. The number of anilines is 2. The van der Waals surface area contributed by atoms with Crippen molar-refractivity contribution in [2.75, 3.05) is 16.8 Å². The Morgan fingerprint density at radius 1 is 1.12 bits per heavy atom. The molecule has 1 saturated heterocycles. The maximum atomic E-state index is 14.8. The molecule has 1 aliphatic carbocycles. The van der Waals surface area contributed by atoms with Crippen molar-refractivity contribution in [3.63, 3.8) is 0 Å². The summed E-state index contributed by atoms with van der Waals surface area (Å²) in [6.07, 6.45) is 4.68. The molecule has 3 aromatic heterocycles. The SMILES string of the molecule is Cc1ncc(-c2c(C(F)F)ccc(Cl)c2F)nc1C(=O)Nc1cnn(C(C)c2ncc(N3C[C@H]4CC[C@H]4C3=O)cc2Cl)c1. The monoisotopic (exact) mass is 629 g/mol. The third-order valence-electron chi connectivity index (χ3n) is 8.03. The standard InChI is InChI=1S/C29H24Cl2F3N7O2/c1-13-25(39-22(10-35-13)23-19(27(33)34)5-6-20(30)24(23)32)28(42)38-16-8-37-41(12-16)14(2)26-21(31)7-17(9-36-26)40-11-15-3-4-18(15)29(40)43/h5-10,12,14-15,18,27H,3-4,11H2,1-2H3,(H,38,42)/t14?,15-,18-/m1/s1. The van der Waals surface area contributed by atoms with Gasteiger partial charge in [-0.1, -0.05) is 29.3 Å². The molecule has 1 unspecified atom stereocenters. The van der Waals surface area contributed by atoms with Gasteiger partial charge in [0.1, 0.15) is 5.69 Å². The van der Waals surface area contributed by atoms with E-state index in [1.165, 1.54) is 13.1 Å². The molecule has 222 valence electrons. The molecule has 1 aromatic carbocycles. The van der Waals surface area contributed by atoms with E-state index in [1.807, 2.05) is 6.92 Å². The summed E-state index contributed by atoms with van der Waals surface area (Å²) in [6.45, 7) is 4.01. The number of carbonyl (C=O) groups is 2. The number of carbonyl (C=O) groups excluding carboxylic acids is 2. The van der Waals surface area contributed by atoms with Crippen molar-refractivity contribution in [3.8, 4) is 11.3 Å². The number of nitrogens with one attached hydrogen (secondary N) is 1. The van der Waals surface area contributed by atoms with Gasteiger partial charge in [0, 0.05) is 29.8 Å². The molecule has 2 fully saturated rings. The summed E-state index contributed by atoms with van der Waals surface area (Å²) in [5, 5.41) is 6.98. The van der Waals surface area contributed by atoms with Crippen LogP contribution in [0.3, 0.4) is 0 Å². The molecule has 1 saturated carbocycles. The Labute approximate surface area is 254 Å². The van der Waals surface area contributed by atoms with Crippen LogP contribution < -0.4 is 10.2 Å². The molecule has 14 heteroatoms. The van der Waals surface area contributed by atoms with Gasteiger partial charge in [0.05, 0.1) is 63.1 Å². The summed E-state index contributed by atoms with van der Waals surface area (Å²) in [4.78, 5) is 40.3. The predicted molar refractivity (Wildman–Crippen MR) is 154 cm³/mol. The second-order valence-electron chi connectivity index (χ2n) is 10.6. The van der Waals surface area contributed by atoms with E-state index in [0.29, 0.717) is 34.6 Å². The Kier molecular flexibility index (Phi) is 7.59. The maximum absolute atomic E-state index is 14.8. The van der Waals surface area contributed by atoms with Gasteiger partial charge in [0.15, 0.2) is 5.82 Å². The average molecular weight is 630 g/mol. The number of nitrogens with zero attached hydrogens (tertiary/aromatic N) is 6. The van der Waals surface area contributed by atoms with Gasteiger partial charge in [0.25, 0.3) is 12.3 Å². The summed E-state index contributed by atoms with van der Waals surface area (Å²) < 4.78 is 43.6. The summed E-state index contributed by atoms with van der Waals surface area (Å²) in [5.74, 6) is -1.18. The minimum absolute atomic E-state index is 0.0976. The number of amides is 2. The molecule has 43 heavy (non-hydrogen) atoms. The van der Waals surface area contributed by atoms with E-state index in [4.69, 9.17) is 23.2 Å². The minimum Gasteiger partial charge on any atom is -0.318 e. The number of benzene rings is 1. The van der Waals surface area contributed by atoms with E-state index in [2.05, 4.69) is 25.4 Å². The molecule has 2 amide bonds. The first-order valence-corrected chi connectivity index (χ1v) is 14.2. The highest BCUT2D eigenvalue weighted by Gasteiger charge is 2.46. The fourth-order valence-corrected chi connectivity index (χ4v) is 5.96. The Bertz CT molecular complexity index is 1770. The number of rotatable bonds is 7. The molecular formula is C29H24Cl2F3N7O2. The highest BCUT2D eigenvalue weighted by Crippen LogP contribution is 2.43. The molecule has 0 bridgehead atoms. The number of fused-ring (bicyclic) bond motifs is 1. The number of hydrogen-bond donors (Lipinski definition) is 1. The minimum atomic E-state index is -3.01. The van der Waals surface area contributed by atoms with Crippen LogP contribution in [0.4, 0.5) is 24.5 Å². The van der Waals surface area contributed by atoms with Crippen LogP contribution >= 0.6 is 23.2 Å². The lowest BCUT2D eigenvalue weighted by atomic mass is 9.76. The Balaban J connectivity index is 1.20. The van der Waals surface area contributed by atoms with Gasteiger partial charge in [-0.25, -0.2) is 18.2 Å². The summed E-state index contributed by atoms with van der Waals surface area (Å²) >= 11 is 12.4. The van der Waals surface area contributed by atoms with Crippen molar-refractivity contribution in [1.29, 1.82) is 0 Å². The second kappa shape index (κ2) is 11.2. The normalized spacial score (nSPS) is 18.5. The average Bonchev–Trinajstić information content (AvgIpc) is 3.50. The zero-order valence-electron chi connectivity index (χ0n) is 22.9. The van der Waals surface area contributed by atoms with Crippen LogP contribution in [0.25, 0.3) is 11.3 Å². The van der Waals surface area contributed by atoms with Gasteiger partial charge in [0.2, 0.25) is 5.91 Å². The lowest BCUT2D eigenvalue weighted by Crippen LogP contribution is -2.28. The van der Waals surface area contributed by atoms with Crippen LogP contribution in [-0.2, 0) is 4.79 Å². The Morgan fingerprint density at radius 2 is 1.91 bits per heavy atom. The third kappa shape index (κ3) is 5.22. The fourth-order valence-electron chi connectivity index (χ4n) is 5.49. The van der Waals surface area contributed by atoms with E-state index >= 15 is 0 Å². The Morgan fingerprint density at radius 3 is 2.56 bits per heavy atom. The molecule has 9 nitrogen and oxygen atoms in total. The topological polar surface area (TPSA) is 106 Å². The summed E-state index contributed by atoms with van der Waals surface area (Å²) in [5.41, 5.74) is 0.0781. The molecule has 0 radical (unpaired) electrons. The first-order chi connectivity index (χ1) is 20.5. The first kappa shape index (κ1) is 29.1. The first-order valence-electron chi connectivity index (χ1n) is 13.5. The molecule has 1 aliphatic heterocycles. The van der Waals surface area contributed by atoms with Gasteiger partial charge in [-0.05, 0) is 44.7 Å². The van der Waals surface area contributed by atoms with Crippen LogP contribution in [-0.4, -0.2) is 43.1 Å². The molecule has 0 spiro atoms. The molecule has 3 atom stereocenters. The van der Waals surface area contributed by atoms with E-state index < -0.39 is 35.3 Å². The van der Waals surface area contributed by atoms with Gasteiger partial charge in [-0.2, -0.15) is 5.10 Å². The highest BCUT2D eigenvalue weighted by molar-refractivity contribution is 6.31. The number of pyridine rings is 1. The molecule has 4 heterocycles. The smallest absolute Gasteiger partial charge is 0.276 e. The molecule has 1 N–H and O–H groups in total. The summed E-state index contributed by atoms with van der Waals surface area (Å²) in [6, 6.07) is 3.34. The lowest BCUT2D eigenvalue weighted by molar-refractivity contribution is -0.123. The van der Waals surface area contributed by atoms with Crippen molar-refractivity contribution in [1.82, 2.24) is 24.7 Å². The maximum Gasteiger partial charge on any atom is 0.276 e. The highest BCUT2D eigenvalue weighted by atomic mass is 35.5. The molecule has 2 aliphatic rings. The molecule has 4 aromatic rings. The number of aromatic nitrogens is 5. The zero-order valence-corrected chi connectivity index (χ0v) is 24.4. The van der Waals surface area contributed by atoms with Crippen molar-refractivity contribution in [2.24, 2.45) is 11.8 Å². The predicted octanol–water partition coefficient (Wildman–Crippen LogP) is 6.66. The molecule has 6 rings (SSSR count). The molecular weight excluding hydrogens is 606 g/mol. The van der Waals surface area contributed by atoms with Gasteiger partial charge in [-0.15, -0.1) is 0 Å². The van der Waals surface area contributed by atoms with Crippen molar-refractivity contribution < 1.29 is 22.8 Å². The number of hydrogen-bond acceptors (Lipinski definition) is 6. The Hall–Kier alpha value is -4.03. The van der Waals surface area contributed by atoms with Crippen LogP contribution in [0.15, 0.2) is 43.0 Å². The fraction of sp³-hybridized carbons (Fsp3) is 0.310. The number of aryl methyl sites for hydroxylation is 1. The summed E-state index contributed by atoms with van der Waals surface area (Å²) in [7, 11) is 0. The van der Waals surface area contributed by atoms with Gasteiger partial charge >= 0.3 is 0 Å². The van der Waals surface area contributed by atoms with Gasteiger partial charge < -0.3 is 10.2 Å². The van der Waals surface area contributed by atoms with Crippen molar-refractivity contribution >= 4 is 46.4 Å². The number of alkyl halides is 2. The van der Waals surface area contributed by atoms with Crippen LogP contribution in [0.5, 0.6) is 0 Å². The van der Waals surface area contributed by atoms with E-state index in [9.17, 15) is 22.8 Å². The largest absolute Gasteiger partial charge is 0.318 e. The third-order valence-corrected chi connectivity index (χ3v) is 8.62. The van der Waals surface area contributed by atoms with Gasteiger partial charge in [-0.3, -0.25) is 24.2 Å². The quantitative estimate of drug-likeness (QED) is 0.245. The second-order valence-corrected chi connectivity index (χ2v) is 11.4. The van der Waals surface area contributed by atoms with E-state index in [1.54, 1.807) is 28.0 Å². The van der Waals surface area contributed by atoms with Crippen molar-refractivity contribution in [3.05, 3.63) is 81.5 Å². The number of halogens is 5. The van der Waals surface area contributed by atoms with Crippen LogP contribution in [0.1, 0.15) is 59.7 Å². The zero-order chi connectivity index (χ0) is 30.6. The van der Waals surface area contributed by atoms with Crippen molar-refractivity contribution in [2.45, 2.75) is 39.2 Å².